The molecule has 0 aromatic rings. The Bertz CT molecular complexity index is 214. The molecule has 1 aliphatic heterocycles. The Balaban J connectivity index is 2.56. The van der Waals surface area contributed by atoms with Gasteiger partial charge in [0.05, 0.1) is 0 Å². The van der Waals surface area contributed by atoms with E-state index in [1.165, 1.54) is 6.20 Å². The predicted octanol–water partition coefficient (Wildman–Crippen LogP) is 0.434. The van der Waals surface area contributed by atoms with E-state index in [-0.39, 0.29) is 0 Å². The van der Waals surface area contributed by atoms with E-state index in [0.29, 0.717) is 5.96 Å². The molecular formula is C9H16N4. The zero-order valence-electron chi connectivity index (χ0n) is 8.11. The van der Waals surface area contributed by atoms with Gasteiger partial charge >= 0.3 is 0 Å². The SMILES string of the molecule is C=CN=C(N=C)N1CCN(C)CC1. The Morgan fingerprint density at radius 2 is 1.92 bits per heavy atom. The van der Waals surface area contributed by atoms with Crippen molar-refractivity contribution in [3.8, 4) is 0 Å². The smallest absolute Gasteiger partial charge is 0.224 e. The summed E-state index contributed by atoms with van der Waals surface area (Å²) in [7, 11) is 2.11. The van der Waals surface area contributed by atoms with Crippen LogP contribution in [0.25, 0.3) is 0 Å². The predicted molar refractivity (Wildman–Crippen MR) is 56.3 cm³/mol. The second-order valence-corrected chi connectivity index (χ2v) is 3.06. The van der Waals surface area contributed by atoms with Crippen LogP contribution in [0, 0.1) is 0 Å². The van der Waals surface area contributed by atoms with E-state index in [4.69, 9.17) is 0 Å². The number of piperazine rings is 1. The lowest BCUT2D eigenvalue weighted by atomic mass is 10.3. The molecule has 4 heteroatoms. The first-order valence-electron chi connectivity index (χ1n) is 4.37. The van der Waals surface area contributed by atoms with E-state index in [9.17, 15) is 0 Å². The molecule has 0 atom stereocenters. The van der Waals surface area contributed by atoms with Crippen molar-refractivity contribution in [3.63, 3.8) is 0 Å². The highest BCUT2D eigenvalue weighted by molar-refractivity contribution is 5.84. The first kappa shape index (κ1) is 9.92. The van der Waals surface area contributed by atoms with E-state index < -0.39 is 0 Å². The molecule has 0 aliphatic carbocycles. The molecular weight excluding hydrogens is 164 g/mol. The number of guanidine groups is 1. The molecule has 4 nitrogen and oxygen atoms in total. The maximum Gasteiger partial charge on any atom is 0.224 e. The standard InChI is InChI=1S/C9H16N4/c1-4-11-9(10-2)13-7-5-12(3)6-8-13/h4H,1-2,5-8H2,3H3. The van der Waals surface area contributed by atoms with Gasteiger partial charge in [0, 0.05) is 32.4 Å². The van der Waals surface area contributed by atoms with Gasteiger partial charge in [-0.25, -0.2) is 9.98 Å². The average Bonchev–Trinajstić information content (AvgIpc) is 2.16. The molecule has 1 aliphatic rings. The van der Waals surface area contributed by atoms with Gasteiger partial charge in [0.15, 0.2) is 0 Å². The van der Waals surface area contributed by atoms with Crippen LogP contribution in [-0.4, -0.2) is 55.7 Å². The lowest BCUT2D eigenvalue weighted by Gasteiger charge is -2.32. The molecule has 1 saturated heterocycles. The summed E-state index contributed by atoms with van der Waals surface area (Å²) in [6.45, 7) is 11.1. The van der Waals surface area contributed by atoms with Crippen molar-refractivity contribution < 1.29 is 0 Å². The van der Waals surface area contributed by atoms with Gasteiger partial charge in [-0.2, -0.15) is 0 Å². The minimum atomic E-state index is 0.683. The first-order valence-corrected chi connectivity index (χ1v) is 4.37. The number of nitrogens with zero attached hydrogens (tertiary/aromatic N) is 4. The zero-order chi connectivity index (χ0) is 9.68. The van der Waals surface area contributed by atoms with Gasteiger partial charge < -0.3 is 9.80 Å². The molecule has 0 spiro atoms. The molecule has 0 aromatic carbocycles. The number of rotatable bonds is 1. The van der Waals surface area contributed by atoms with Crippen molar-refractivity contribution in [3.05, 3.63) is 12.8 Å². The van der Waals surface area contributed by atoms with Crippen LogP contribution in [0.3, 0.4) is 0 Å². The first-order chi connectivity index (χ1) is 6.27. The Kier molecular flexibility index (Phi) is 3.64. The van der Waals surface area contributed by atoms with Gasteiger partial charge in [-0.1, -0.05) is 6.58 Å². The highest BCUT2D eigenvalue weighted by Gasteiger charge is 2.15. The molecule has 0 amide bonds. The third-order valence-electron chi connectivity index (χ3n) is 2.13. The van der Waals surface area contributed by atoms with Crippen LogP contribution >= 0.6 is 0 Å². The number of aliphatic imine (C=N–C) groups is 2. The van der Waals surface area contributed by atoms with Crippen LogP contribution in [0.2, 0.25) is 0 Å². The molecule has 0 aromatic heterocycles. The fourth-order valence-electron chi connectivity index (χ4n) is 1.31. The molecule has 0 radical (unpaired) electrons. The summed E-state index contributed by atoms with van der Waals surface area (Å²) in [4.78, 5) is 12.3. The Hall–Kier alpha value is -1.16. The minimum absolute atomic E-state index is 0.683. The Morgan fingerprint density at radius 3 is 2.38 bits per heavy atom. The highest BCUT2D eigenvalue weighted by Crippen LogP contribution is 2.01. The number of hydrogen-bond donors (Lipinski definition) is 0. The van der Waals surface area contributed by atoms with E-state index in [2.05, 4.69) is 40.1 Å². The monoisotopic (exact) mass is 180 g/mol. The summed E-state index contributed by atoms with van der Waals surface area (Å²) < 4.78 is 0. The fraction of sp³-hybridized carbons (Fsp3) is 0.556. The second kappa shape index (κ2) is 4.77. The van der Waals surface area contributed by atoms with Crippen LogP contribution < -0.4 is 0 Å². The third kappa shape index (κ3) is 2.66. The van der Waals surface area contributed by atoms with Gasteiger partial charge in [0.25, 0.3) is 0 Å². The van der Waals surface area contributed by atoms with Gasteiger partial charge in [-0.05, 0) is 13.8 Å². The lowest BCUT2D eigenvalue weighted by molar-refractivity contribution is 0.214. The van der Waals surface area contributed by atoms with Gasteiger partial charge in [0.1, 0.15) is 0 Å². The number of hydrogen-bond acceptors (Lipinski definition) is 2. The molecule has 72 valence electrons. The zero-order valence-corrected chi connectivity index (χ0v) is 8.11. The van der Waals surface area contributed by atoms with Crippen LogP contribution in [0.15, 0.2) is 22.8 Å². The summed E-state index contributed by atoms with van der Waals surface area (Å²) in [5, 5.41) is 0. The van der Waals surface area contributed by atoms with Crippen LogP contribution in [0.1, 0.15) is 0 Å². The van der Waals surface area contributed by atoms with Crippen molar-refractivity contribution >= 4 is 12.7 Å². The van der Waals surface area contributed by atoms with Crippen molar-refractivity contribution in [1.82, 2.24) is 9.80 Å². The van der Waals surface area contributed by atoms with Crippen molar-refractivity contribution in [1.29, 1.82) is 0 Å². The molecule has 1 fully saturated rings. The molecule has 0 unspecified atom stereocenters. The van der Waals surface area contributed by atoms with Crippen LogP contribution in [0.5, 0.6) is 0 Å². The summed E-state index contributed by atoms with van der Waals surface area (Å²) in [5.41, 5.74) is 0. The largest absolute Gasteiger partial charge is 0.338 e. The van der Waals surface area contributed by atoms with E-state index in [0.717, 1.165) is 26.2 Å². The average molecular weight is 180 g/mol. The van der Waals surface area contributed by atoms with Gasteiger partial charge in [-0.3, -0.25) is 0 Å². The summed E-state index contributed by atoms with van der Waals surface area (Å²) in [5.74, 6) is 0.683. The van der Waals surface area contributed by atoms with E-state index in [1.54, 1.807) is 0 Å². The van der Waals surface area contributed by atoms with Gasteiger partial charge in [0.2, 0.25) is 5.96 Å². The molecule has 1 heterocycles. The van der Waals surface area contributed by atoms with Crippen LogP contribution in [-0.2, 0) is 0 Å². The van der Waals surface area contributed by atoms with Crippen molar-refractivity contribution in [2.75, 3.05) is 33.2 Å². The van der Waals surface area contributed by atoms with E-state index in [1.807, 2.05) is 0 Å². The molecule has 0 bridgehead atoms. The highest BCUT2D eigenvalue weighted by atomic mass is 15.3. The van der Waals surface area contributed by atoms with Crippen LogP contribution in [0.4, 0.5) is 0 Å². The molecule has 0 N–H and O–H groups in total. The molecule has 1 rings (SSSR count). The second-order valence-electron chi connectivity index (χ2n) is 3.06. The summed E-state index contributed by atoms with van der Waals surface area (Å²) in [6, 6.07) is 0. The maximum absolute atomic E-state index is 4.05. The van der Waals surface area contributed by atoms with Gasteiger partial charge in [-0.15, -0.1) is 0 Å². The number of likely N-dealkylation sites (N-methyl/N-ethyl adjacent to an activating group) is 1. The normalized spacial score (nSPS) is 20.1. The lowest BCUT2D eigenvalue weighted by Crippen LogP contribution is -2.46. The molecule has 0 saturated carbocycles. The van der Waals surface area contributed by atoms with Crippen molar-refractivity contribution in [2.45, 2.75) is 0 Å². The van der Waals surface area contributed by atoms with E-state index >= 15 is 0 Å². The minimum Gasteiger partial charge on any atom is -0.338 e. The fourth-order valence-corrected chi connectivity index (χ4v) is 1.31. The maximum atomic E-state index is 4.05. The Labute approximate surface area is 79.3 Å². The summed E-state index contributed by atoms with van der Waals surface area (Å²) in [6.07, 6.45) is 1.50. The van der Waals surface area contributed by atoms with Crippen molar-refractivity contribution in [2.24, 2.45) is 9.98 Å². The molecule has 13 heavy (non-hydrogen) atoms. The Morgan fingerprint density at radius 1 is 1.31 bits per heavy atom. The summed E-state index contributed by atoms with van der Waals surface area (Å²) >= 11 is 0. The topological polar surface area (TPSA) is 31.2 Å². The third-order valence-corrected chi connectivity index (χ3v) is 2.13. The quantitative estimate of drug-likeness (QED) is 0.433.